The molecule has 7 nitrogen and oxygen atoms in total. The molecule has 1 saturated carbocycles. The van der Waals surface area contributed by atoms with Crippen LogP contribution in [-0.2, 0) is 4.79 Å². The highest BCUT2D eigenvalue weighted by Gasteiger charge is 2.45. The number of hydrogen-bond donors (Lipinski definition) is 1. The van der Waals surface area contributed by atoms with Crippen LogP contribution in [0.2, 0.25) is 0 Å². The zero-order valence-corrected chi connectivity index (χ0v) is 13.6. The molecular weight excluding hydrogens is 311 g/mol. The molecule has 3 aliphatic rings. The third kappa shape index (κ3) is 2.50. The highest BCUT2D eigenvalue weighted by atomic mass is 19.1. The molecule has 2 aliphatic heterocycles. The summed E-state index contributed by atoms with van der Waals surface area (Å²) in [4.78, 5) is 22.8. The number of amides is 1. The van der Waals surface area contributed by atoms with E-state index in [2.05, 4.69) is 15.1 Å². The Balaban J connectivity index is 1.40. The van der Waals surface area contributed by atoms with E-state index >= 15 is 0 Å². The third-order valence-electron chi connectivity index (χ3n) is 5.44. The second-order valence-electron chi connectivity index (χ2n) is 7.06. The van der Waals surface area contributed by atoms with Crippen molar-refractivity contribution in [3.05, 3.63) is 12.0 Å². The summed E-state index contributed by atoms with van der Waals surface area (Å²) in [6.45, 7) is 3.61. The van der Waals surface area contributed by atoms with Gasteiger partial charge in [0.2, 0.25) is 11.9 Å². The van der Waals surface area contributed by atoms with Crippen molar-refractivity contribution in [3.8, 4) is 0 Å². The maximum absolute atomic E-state index is 13.2. The molecule has 4 rings (SSSR count). The fraction of sp³-hybridized carbons (Fsp3) is 0.625. The van der Waals surface area contributed by atoms with Gasteiger partial charge in [-0.1, -0.05) is 0 Å². The van der Waals surface area contributed by atoms with E-state index in [0.717, 1.165) is 38.5 Å². The number of rotatable bonds is 2. The maximum atomic E-state index is 13.2. The second kappa shape index (κ2) is 5.68. The Morgan fingerprint density at radius 1 is 1.33 bits per heavy atom. The van der Waals surface area contributed by atoms with Gasteiger partial charge < -0.3 is 10.6 Å². The molecule has 0 aromatic carbocycles. The fourth-order valence-electron chi connectivity index (χ4n) is 4.15. The molecular formula is C16H21FN6O. The maximum Gasteiger partial charge on any atom is 0.246 e. The molecule has 1 saturated heterocycles. The second-order valence-corrected chi connectivity index (χ2v) is 7.06. The molecule has 0 spiro atoms. The highest BCUT2D eigenvalue weighted by Crippen LogP contribution is 2.43. The van der Waals surface area contributed by atoms with E-state index in [0.29, 0.717) is 17.8 Å². The van der Waals surface area contributed by atoms with Gasteiger partial charge in [-0.25, -0.2) is 14.4 Å². The number of halogens is 1. The number of hydrogen-bond acceptors (Lipinski definition) is 6. The first-order chi connectivity index (χ1) is 11.5. The van der Waals surface area contributed by atoms with E-state index in [1.165, 1.54) is 0 Å². The van der Waals surface area contributed by atoms with Gasteiger partial charge in [0.1, 0.15) is 0 Å². The van der Waals surface area contributed by atoms with E-state index in [1.54, 1.807) is 5.01 Å². The van der Waals surface area contributed by atoms with Crippen LogP contribution in [0.1, 0.15) is 26.2 Å². The lowest BCUT2D eigenvalue weighted by Gasteiger charge is -2.23. The van der Waals surface area contributed by atoms with E-state index in [-0.39, 0.29) is 23.7 Å². The Morgan fingerprint density at radius 2 is 2.04 bits per heavy atom. The molecule has 1 unspecified atom stereocenters. The van der Waals surface area contributed by atoms with Crippen molar-refractivity contribution in [1.29, 1.82) is 0 Å². The van der Waals surface area contributed by atoms with Crippen molar-refractivity contribution in [2.45, 2.75) is 32.2 Å². The number of carbonyl (C=O) groups excluding carboxylic acids is 1. The summed E-state index contributed by atoms with van der Waals surface area (Å²) in [6, 6.07) is 0.171. The molecule has 4 atom stereocenters. The van der Waals surface area contributed by atoms with E-state index < -0.39 is 5.82 Å². The first-order valence-corrected chi connectivity index (χ1v) is 8.41. The predicted octanol–water partition coefficient (Wildman–Crippen LogP) is 1.27. The molecule has 1 aromatic heterocycles. The smallest absolute Gasteiger partial charge is 0.246 e. The van der Waals surface area contributed by atoms with Gasteiger partial charge in [-0.2, -0.15) is 10.1 Å². The first-order valence-electron chi connectivity index (χ1n) is 8.41. The highest BCUT2D eigenvalue weighted by molar-refractivity contribution is 5.82. The summed E-state index contributed by atoms with van der Waals surface area (Å²) in [7, 11) is 0. The standard InChI is InChI=1S/C16H21FN6O/c1-9-2-3-20-23(9)15(24)10-4-11-7-22(8-12(11)5-10)16-19-6-13(17)14(18)21-16/h3,6,9-12H,2,4-5,7-8H2,1H3,(H2,18,19,21)/t9-,10?,11-,12+/m0/s1. The topological polar surface area (TPSA) is 87.7 Å². The number of fused-ring (bicyclic) bond motifs is 1. The minimum atomic E-state index is -0.593. The summed E-state index contributed by atoms with van der Waals surface area (Å²) in [5, 5.41) is 5.86. The number of nitrogens with zero attached hydrogens (tertiary/aromatic N) is 5. The SMILES string of the molecule is C[C@H]1CC=NN1C(=O)C1C[C@@H]2CN(c3ncc(F)c(N)n3)C[C@@H]2C1. The van der Waals surface area contributed by atoms with Gasteiger partial charge in [-0.15, -0.1) is 0 Å². The van der Waals surface area contributed by atoms with E-state index in [4.69, 9.17) is 5.73 Å². The minimum absolute atomic E-state index is 0.0547. The Bertz CT molecular complexity index is 681. The van der Waals surface area contributed by atoms with Crippen molar-refractivity contribution in [1.82, 2.24) is 15.0 Å². The molecule has 0 bridgehead atoms. The number of anilines is 2. The quantitative estimate of drug-likeness (QED) is 0.881. The van der Waals surface area contributed by atoms with Crippen LogP contribution < -0.4 is 10.6 Å². The van der Waals surface area contributed by atoms with Gasteiger partial charge in [0.05, 0.1) is 12.2 Å². The number of hydrazone groups is 1. The lowest BCUT2D eigenvalue weighted by Crippen LogP contribution is -2.35. The van der Waals surface area contributed by atoms with Crippen molar-refractivity contribution >= 4 is 23.9 Å². The molecule has 8 heteroatoms. The van der Waals surface area contributed by atoms with Gasteiger partial charge in [0.15, 0.2) is 11.6 Å². The number of aromatic nitrogens is 2. The number of carbonyl (C=O) groups is 1. The van der Waals surface area contributed by atoms with Gasteiger partial charge in [0.25, 0.3) is 0 Å². The van der Waals surface area contributed by atoms with Crippen LogP contribution in [0.25, 0.3) is 0 Å². The molecule has 0 radical (unpaired) electrons. The minimum Gasteiger partial charge on any atom is -0.381 e. The average molecular weight is 332 g/mol. The van der Waals surface area contributed by atoms with Crippen LogP contribution >= 0.6 is 0 Å². The van der Waals surface area contributed by atoms with Crippen LogP contribution in [0.5, 0.6) is 0 Å². The van der Waals surface area contributed by atoms with Crippen molar-refractivity contribution in [2.24, 2.45) is 22.9 Å². The zero-order chi connectivity index (χ0) is 16.8. The van der Waals surface area contributed by atoms with E-state index in [1.807, 2.05) is 18.0 Å². The van der Waals surface area contributed by atoms with Crippen LogP contribution in [0.3, 0.4) is 0 Å². The monoisotopic (exact) mass is 332 g/mol. The van der Waals surface area contributed by atoms with Gasteiger partial charge in [-0.3, -0.25) is 4.79 Å². The number of nitrogen functional groups attached to an aromatic ring is 1. The van der Waals surface area contributed by atoms with Crippen LogP contribution in [0, 0.1) is 23.6 Å². The summed E-state index contributed by atoms with van der Waals surface area (Å²) in [6.07, 6.45) is 5.51. The molecule has 24 heavy (non-hydrogen) atoms. The van der Waals surface area contributed by atoms with E-state index in [9.17, 15) is 9.18 Å². The Morgan fingerprint density at radius 3 is 2.62 bits per heavy atom. The summed E-state index contributed by atoms with van der Waals surface area (Å²) in [5.74, 6) is 0.851. The average Bonchev–Trinajstić information content (AvgIpc) is 3.23. The Hall–Kier alpha value is -2.25. The summed E-state index contributed by atoms with van der Waals surface area (Å²) in [5.41, 5.74) is 5.53. The lowest BCUT2D eigenvalue weighted by atomic mass is 10.0. The van der Waals surface area contributed by atoms with Crippen LogP contribution in [0.15, 0.2) is 11.3 Å². The first kappa shape index (κ1) is 15.3. The van der Waals surface area contributed by atoms with Gasteiger partial charge >= 0.3 is 0 Å². The fourth-order valence-corrected chi connectivity index (χ4v) is 4.15. The molecule has 2 fully saturated rings. The van der Waals surface area contributed by atoms with Crippen molar-refractivity contribution < 1.29 is 9.18 Å². The molecule has 2 N–H and O–H groups in total. The van der Waals surface area contributed by atoms with Crippen molar-refractivity contribution in [3.63, 3.8) is 0 Å². The third-order valence-corrected chi connectivity index (χ3v) is 5.44. The predicted molar refractivity (Wildman–Crippen MR) is 87.7 cm³/mol. The largest absolute Gasteiger partial charge is 0.381 e. The molecule has 1 amide bonds. The summed E-state index contributed by atoms with van der Waals surface area (Å²) >= 11 is 0. The number of nitrogens with two attached hydrogens (primary N) is 1. The molecule has 1 aliphatic carbocycles. The zero-order valence-electron chi connectivity index (χ0n) is 13.6. The van der Waals surface area contributed by atoms with Crippen molar-refractivity contribution in [2.75, 3.05) is 23.7 Å². The van der Waals surface area contributed by atoms with Crippen LogP contribution in [0.4, 0.5) is 16.2 Å². The van der Waals surface area contributed by atoms with Gasteiger partial charge in [0, 0.05) is 31.6 Å². The Labute approximate surface area is 139 Å². The lowest BCUT2D eigenvalue weighted by molar-refractivity contribution is -0.136. The Kier molecular flexibility index (Phi) is 3.62. The molecule has 3 heterocycles. The van der Waals surface area contributed by atoms with Crippen LogP contribution in [-0.4, -0.2) is 46.2 Å². The normalized spacial score (nSPS) is 31.8. The molecule has 1 aromatic rings. The summed E-state index contributed by atoms with van der Waals surface area (Å²) < 4.78 is 13.2. The van der Waals surface area contributed by atoms with Gasteiger partial charge in [-0.05, 0) is 31.6 Å². The molecule has 128 valence electrons.